The number of morpholine rings is 2. The molecule has 0 bridgehead atoms. The van der Waals surface area contributed by atoms with Gasteiger partial charge in [0.1, 0.15) is 0 Å². The van der Waals surface area contributed by atoms with Gasteiger partial charge in [0, 0.05) is 48.7 Å². The zero-order chi connectivity index (χ0) is 31.9. The van der Waals surface area contributed by atoms with Crippen molar-refractivity contribution in [1.82, 2.24) is 25.2 Å². The summed E-state index contributed by atoms with van der Waals surface area (Å²) in [5.41, 5.74) is 2.57. The molecular formula is C33H43N9O4. The second kappa shape index (κ2) is 14.8. The first-order valence-electron chi connectivity index (χ1n) is 16.2. The Morgan fingerprint density at radius 3 is 1.85 bits per heavy atom. The third kappa shape index (κ3) is 7.90. The Hall–Kier alpha value is -4.33. The molecule has 0 spiro atoms. The van der Waals surface area contributed by atoms with Gasteiger partial charge in [0.15, 0.2) is 5.82 Å². The third-order valence-corrected chi connectivity index (χ3v) is 8.58. The molecule has 0 radical (unpaired) electrons. The molecule has 3 aromatic rings. The van der Waals surface area contributed by atoms with E-state index in [1.807, 2.05) is 24.3 Å². The van der Waals surface area contributed by atoms with E-state index in [1.54, 1.807) is 24.3 Å². The van der Waals surface area contributed by atoms with Crippen LogP contribution in [0.5, 0.6) is 0 Å². The van der Waals surface area contributed by atoms with Crippen LogP contribution >= 0.6 is 0 Å². The lowest BCUT2D eigenvalue weighted by Crippen LogP contribution is -2.46. The van der Waals surface area contributed by atoms with E-state index in [0.29, 0.717) is 80.7 Å². The number of rotatable bonds is 9. The Morgan fingerprint density at radius 2 is 1.30 bits per heavy atom. The summed E-state index contributed by atoms with van der Waals surface area (Å²) in [5, 5.41) is 8.66. The molecule has 0 aliphatic carbocycles. The van der Waals surface area contributed by atoms with Gasteiger partial charge < -0.3 is 40.1 Å². The van der Waals surface area contributed by atoms with Gasteiger partial charge in [0.05, 0.1) is 38.5 Å². The molecule has 3 fully saturated rings. The van der Waals surface area contributed by atoms with E-state index < -0.39 is 0 Å². The molecule has 3 aliphatic heterocycles. The van der Waals surface area contributed by atoms with Crippen LogP contribution in [0.15, 0.2) is 48.5 Å². The quantitative estimate of drug-likeness (QED) is 0.323. The van der Waals surface area contributed by atoms with Gasteiger partial charge in [-0.15, -0.1) is 0 Å². The normalized spacial score (nSPS) is 20.4. The Balaban J connectivity index is 1.08. The Morgan fingerprint density at radius 1 is 0.761 bits per heavy atom. The number of carbonyl (C=O) groups excluding carboxylic acids is 2. The van der Waals surface area contributed by atoms with Crippen molar-refractivity contribution >= 4 is 35.2 Å². The van der Waals surface area contributed by atoms with E-state index in [2.05, 4.69) is 44.5 Å². The molecule has 46 heavy (non-hydrogen) atoms. The summed E-state index contributed by atoms with van der Waals surface area (Å²) in [4.78, 5) is 46.5. The van der Waals surface area contributed by atoms with Gasteiger partial charge in [-0.05, 0) is 88.3 Å². The highest BCUT2D eigenvalue weighted by Gasteiger charge is 2.27. The molecule has 244 valence electrons. The Bertz CT molecular complexity index is 1440. The van der Waals surface area contributed by atoms with E-state index in [0.717, 1.165) is 25.2 Å². The van der Waals surface area contributed by atoms with E-state index in [-0.39, 0.29) is 24.0 Å². The predicted molar refractivity (Wildman–Crippen MR) is 178 cm³/mol. The maximum atomic E-state index is 12.8. The molecule has 3 N–H and O–H groups in total. The second-order valence-corrected chi connectivity index (χ2v) is 12.0. The monoisotopic (exact) mass is 629 g/mol. The molecule has 3 saturated heterocycles. The van der Waals surface area contributed by atoms with Crippen molar-refractivity contribution in [3.63, 3.8) is 0 Å². The first kappa shape index (κ1) is 31.6. The third-order valence-electron chi connectivity index (χ3n) is 8.58. The van der Waals surface area contributed by atoms with Crippen LogP contribution in [-0.4, -0.2) is 110 Å². The van der Waals surface area contributed by atoms with E-state index in [4.69, 9.17) is 24.4 Å². The second-order valence-electron chi connectivity index (χ2n) is 12.0. The lowest BCUT2D eigenvalue weighted by molar-refractivity contribution is 0.0949. The van der Waals surface area contributed by atoms with Gasteiger partial charge in [0.25, 0.3) is 5.91 Å². The number of anilines is 4. The van der Waals surface area contributed by atoms with Crippen LogP contribution < -0.4 is 25.8 Å². The van der Waals surface area contributed by atoms with Crippen molar-refractivity contribution in [2.24, 2.45) is 0 Å². The summed E-state index contributed by atoms with van der Waals surface area (Å²) in [6.07, 6.45) is 2.46. The smallest absolute Gasteiger partial charge is 0.323 e. The van der Waals surface area contributed by atoms with Gasteiger partial charge in [0.2, 0.25) is 11.9 Å². The molecule has 1 aromatic heterocycles. The van der Waals surface area contributed by atoms with Crippen molar-refractivity contribution in [2.45, 2.75) is 38.8 Å². The van der Waals surface area contributed by atoms with Crippen LogP contribution in [0.1, 0.15) is 37.0 Å². The summed E-state index contributed by atoms with van der Waals surface area (Å²) in [6, 6.07) is 14.2. The number of amides is 3. The average molecular weight is 630 g/mol. The first-order valence-corrected chi connectivity index (χ1v) is 16.2. The highest BCUT2D eigenvalue weighted by atomic mass is 16.5. The van der Waals surface area contributed by atoms with Crippen molar-refractivity contribution in [3.8, 4) is 11.4 Å². The number of carbonyl (C=O) groups is 2. The largest absolute Gasteiger partial charge is 0.377 e. The molecule has 0 saturated carbocycles. The summed E-state index contributed by atoms with van der Waals surface area (Å²) in [5.74, 6) is 1.70. The zero-order valence-electron chi connectivity index (χ0n) is 26.6. The number of hydrogen-bond acceptors (Lipinski definition) is 10. The summed E-state index contributed by atoms with van der Waals surface area (Å²) < 4.78 is 11.3. The number of nitrogens with one attached hydrogen (secondary N) is 3. The van der Waals surface area contributed by atoms with Crippen molar-refractivity contribution in [1.29, 1.82) is 0 Å². The minimum atomic E-state index is -0.386. The van der Waals surface area contributed by atoms with E-state index in [1.165, 1.54) is 12.8 Å². The molecule has 2 aromatic carbocycles. The number of nitrogens with zero attached hydrogens (tertiary/aromatic N) is 6. The van der Waals surface area contributed by atoms with E-state index >= 15 is 0 Å². The van der Waals surface area contributed by atoms with Crippen LogP contribution in [0.2, 0.25) is 0 Å². The van der Waals surface area contributed by atoms with Crippen molar-refractivity contribution in [3.05, 3.63) is 54.1 Å². The number of urea groups is 1. The van der Waals surface area contributed by atoms with Gasteiger partial charge in [-0.1, -0.05) is 0 Å². The van der Waals surface area contributed by atoms with Crippen LogP contribution in [-0.2, 0) is 9.47 Å². The summed E-state index contributed by atoms with van der Waals surface area (Å²) >= 11 is 0. The van der Waals surface area contributed by atoms with Crippen molar-refractivity contribution in [2.75, 3.05) is 86.1 Å². The fourth-order valence-corrected chi connectivity index (χ4v) is 5.93. The summed E-state index contributed by atoms with van der Waals surface area (Å²) in [6.45, 7) is 11.8. The SMILES string of the molecule is C[C@H]1COCCN1c1nc(-c2ccc(NC(=O)Nc3ccc(C(=O)NCCN4CCCC4)cc3)cc2)nc(N2CCOC[C@@H]2C)n1. The van der Waals surface area contributed by atoms with Crippen LogP contribution in [0, 0.1) is 0 Å². The topological polar surface area (TPSA) is 137 Å². The average Bonchev–Trinajstić information content (AvgIpc) is 3.59. The highest BCUT2D eigenvalue weighted by molar-refractivity contribution is 6.00. The van der Waals surface area contributed by atoms with Gasteiger partial charge in [-0.2, -0.15) is 15.0 Å². The lowest BCUT2D eigenvalue weighted by Gasteiger charge is -2.36. The number of likely N-dealkylation sites (tertiary alicyclic amines) is 1. The van der Waals surface area contributed by atoms with E-state index in [9.17, 15) is 9.59 Å². The molecule has 13 nitrogen and oxygen atoms in total. The molecule has 3 aliphatic rings. The molecule has 4 heterocycles. The molecule has 13 heteroatoms. The van der Waals surface area contributed by atoms with Gasteiger partial charge >= 0.3 is 6.03 Å². The molecule has 0 unspecified atom stereocenters. The van der Waals surface area contributed by atoms with Crippen LogP contribution in [0.25, 0.3) is 11.4 Å². The summed E-state index contributed by atoms with van der Waals surface area (Å²) in [7, 11) is 0. The first-order chi connectivity index (χ1) is 22.4. The molecule has 3 amide bonds. The molecule has 2 atom stereocenters. The fraction of sp³-hybridized carbons (Fsp3) is 0.485. The standard InChI is InChI=1S/C33H43N9O4/c1-23-21-45-19-17-41(23)31-37-29(38-32(39-31)42-18-20-46-22-24(42)2)25-5-9-27(10-6-25)35-33(44)36-28-11-7-26(8-12-28)30(43)34-13-16-40-14-3-4-15-40/h5-12,23-24H,3-4,13-22H2,1-2H3,(H,34,43)(H2,35,36,44)/t23-,24-/m0/s1. The fourth-order valence-electron chi connectivity index (χ4n) is 5.93. The zero-order valence-corrected chi connectivity index (χ0v) is 26.6. The van der Waals surface area contributed by atoms with Crippen molar-refractivity contribution < 1.29 is 19.1 Å². The highest BCUT2D eigenvalue weighted by Crippen LogP contribution is 2.26. The predicted octanol–water partition coefficient (Wildman–Crippen LogP) is 3.46. The Labute approximate surface area is 269 Å². The minimum Gasteiger partial charge on any atom is -0.377 e. The minimum absolute atomic E-state index is 0.119. The maximum absolute atomic E-state index is 12.8. The van der Waals surface area contributed by atoms with Crippen LogP contribution in [0.4, 0.5) is 28.1 Å². The molecular weight excluding hydrogens is 586 g/mol. The lowest BCUT2D eigenvalue weighted by atomic mass is 10.2. The van der Waals surface area contributed by atoms with Crippen LogP contribution in [0.3, 0.4) is 0 Å². The Kier molecular flexibility index (Phi) is 10.2. The maximum Gasteiger partial charge on any atom is 0.323 e. The number of benzene rings is 2. The van der Waals surface area contributed by atoms with Gasteiger partial charge in [-0.25, -0.2) is 4.79 Å². The number of aromatic nitrogens is 3. The molecule has 6 rings (SSSR count). The van der Waals surface area contributed by atoms with Gasteiger partial charge in [-0.3, -0.25) is 4.79 Å². The number of hydrogen-bond donors (Lipinski definition) is 3. The number of ether oxygens (including phenoxy) is 2.